The molecule has 172 valence electrons. The highest BCUT2D eigenvalue weighted by atomic mass is 32.1. The number of nitrogens with one attached hydrogen (secondary N) is 3. The van der Waals surface area contributed by atoms with Gasteiger partial charge in [0.05, 0.1) is 41.6 Å². The van der Waals surface area contributed by atoms with Crippen LogP contribution in [0.15, 0.2) is 72.2 Å². The van der Waals surface area contributed by atoms with E-state index in [1.807, 2.05) is 66.0 Å². The molecule has 3 N–H and O–H groups in total. The topological polar surface area (TPSA) is 97.4 Å². The first-order valence-electron chi connectivity index (χ1n) is 11.2. The second-order valence-electron chi connectivity index (χ2n) is 8.32. The molecule has 8 nitrogen and oxygen atoms in total. The third kappa shape index (κ3) is 4.09. The van der Waals surface area contributed by atoms with E-state index in [0.717, 1.165) is 27.0 Å². The van der Waals surface area contributed by atoms with Crippen molar-refractivity contribution in [1.29, 1.82) is 0 Å². The van der Waals surface area contributed by atoms with Gasteiger partial charge >= 0.3 is 6.03 Å². The highest BCUT2D eigenvalue weighted by molar-refractivity contribution is 7.13. The van der Waals surface area contributed by atoms with Gasteiger partial charge in [0.15, 0.2) is 0 Å². The summed E-state index contributed by atoms with van der Waals surface area (Å²) in [6.07, 6.45) is 1.31. The minimum Gasteiger partial charge on any atom is -0.371 e. The molecule has 2 amide bonds. The molecule has 4 aromatic rings. The van der Waals surface area contributed by atoms with Gasteiger partial charge in [0, 0.05) is 11.6 Å². The number of hydrogen-bond donors (Lipinski definition) is 3. The van der Waals surface area contributed by atoms with Gasteiger partial charge in [-0.05, 0) is 29.0 Å². The normalized spacial score (nSPS) is 23.5. The molecule has 0 saturated carbocycles. The van der Waals surface area contributed by atoms with Crippen LogP contribution in [0, 0.1) is 0 Å². The van der Waals surface area contributed by atoms with Crippen LogP contribution in [0.3, 0.4) is 0 Å². The number of aromatic nitrogens is 2. The summed E-state index contributed by atoms with van der Waals surface area (Å²) in [5, 5.41) is 13.4. The number of anilines is 2. The molecule has 0 spiro atoms. The molecule has 2 fully saturated rings. The first-order valence-corrected chi connectivity index (χ1v) is 12.0. The van der Waals surface area contributed by atoms with E-state index in [1.165, 1.54) is 0 Å². The Kier molecular flexibility index (Phi) is 5.58. The number of thiophene rings is 1. The number of fused-ring (bicyclic) bond motifs is 2. The molecular formula is C25H23N5O3S. The van der Waals surface area contributed by atoms with Gasteiger partial charge in [0.25, 0.3) is 0 Å². The van der Waals surface area contributed by atoms with Crippen molar-refractivity contribution in [3.63, 3.8) is 0 Å². The smallest absolute Gasteiger partial charge is 0.319 e. The molecule has 34 heavy (non-hydrogen) atoms. The van der Waals surface area contributed by atoms with Crippen LogP contribution < -0.4 is 16.0 Å². The Labute approximate surface area is 200 Å². The number of benzene rings is 2. The molecule has 0 aliphatic carbocycles. The average Bonchev–Trinajstić information content (AvgIpc) is 3.60. The summed E-state index contributed by atoms with van der Waals surface area (Å²) < 4.78 is 12.0. The molecule has 2 aromatic heterocycles. The quantitative estimate of drug-likeness (QED) is 0.403. The molecule has 6 rings (SSSR count). The van der Waals surface area contributed by atoms with E-state index in [2.05, 4.69) is 25.9 Å². The highest BCUT2D eigenvalue weighted by Crippen LogP contribution is 2.30. The molecule has 2 saturated heterocycles. The maximum atomic E-state index is 12.8. The number of rotatable bonds is 5. The Morgan fingerprint density at radius 1 is 0.941 bits per heavy atom. The molecule has 2 aliphatic rings. The van der Waals surface area contributed by atoms with E-state index < -0.39 is 0 Å². The van der Waals surface area contributed by atoms with Crippen LogP contribution >= 0.6 is 11.3 Å². The predicted octanol–water partition coefficient (Wildman–Crippen LogP) is 4.13. The van der Waals surface area contributed by atoms with Crippen LogP contribution in [-0.4, -0.2) is 53.5 Å². The number of carbonyl (C=O) groups excluding carboxylic acids is 1. The van der Waals surface area contributed by atoms with Crippen LogP contribution in [0.25, 0.3) is 21.3 Å². The molecule has 0 bridgehead atoms. The summed E-state index contributed by atoms with van der Waals surface area (Å²) in [4.78, 5) is 22.8. The zero-order valence-corrected chi connectivity index (χ0v) is 19.0. The molecular weight excluding hydrogens is 450 g/mol. The minimum atomic E-state index is -0.280. The van der Waals surface area contributed by atoms with Crippen molar-refractivity contribution >= 4 is 39.8 Å². The average molecular weight is 474 g/mol. The third-order valence-corrected chi connectivity index (χ3v) is 7.04. The largest absolute Gasteiger partial charge is 0.371 e. The Bertz CT molecular complexity index is 1310. The van der Waals surface area contributed by atoms with E-state index in [-0.39, 0.29) is 30.3 Å². The van der Waals surface area contributed by atoms with E-state index in [4.69, 9.17) is 9.47 Å². The monoisotopic (exact) mass is 473 g/mol. The SMILES string of the molecule is O=C(Nc1cccc2ccccc12)NC1COC2C(Nc3nccc(-c4cccs4)n3)COC12. The summed E-state index contributed by atoms with van der Waals surface area (Å²) in [7, 11) is 0. The first-order chi connectivity index (χ1) is 16.7. The Morgan fingerprint density at radius 2 is 1.76 bits per heavy atom. The van der Waals surface area contributed by atoms with Crippen LogP contribution in [0.4, 0.5) is 16.4 Å². The third-order valence-electron chi connectivity index (χ3n) is 6.15. The van der Waals surface area contributed by atoms with Gasteiger partial charge in [-0.15, -0.1) is 11.3 Å². The van der Waals surface area contributed by atoms with Crippen LogP contribution in [0.1, 0.15) is 0 Å². The van der Waals surface area contributed by atoms with Gasteiger partial charge in [0.1, 0.15) is 12.2 Å². The minimum absolute atomic E-state index is 0.100. The van der Waals surface area contributed by atoms with Crippen molar-refractivity contribution < 1.29 is 14.3 Å². The lowest BCUT2D eigenvalue weighted by atomic mass is 10.1. The number of hydrogen-bond acceptors (Lipinski definition) is 7. The van der Waals surface area contributed by atoms with E-state index >= 15 is 0 Å². The first kappa shape index (κ1) is 21.0. The summed E-state index contributed by atoms with van der Waals surface area (Å²) in [5.41, 5.74) is 1.64. The van der Waals surface area contributed by atoms with E-state index in [1.54, 1.807) is 17.5 Å². The highest BCUT2D eigenvalue weighted by Gasteiger charge is 2.48. The van der Waals surface area contributed by atoms with Crippen LogP contribution in [0.2, 0.25) is 0 Å². The molecule has 4 heterocycles. The zero-order valence-electron chi connectivity index (χ0n) is 18.2. The lowest BCUT2D eigenvalue weighted by Crippen LogP contribution is -2.46. The van der Waals surface area contributed by atoms with E-state index in [0.29, 0.717) is 19.2 Å². The molecule has 4 unspecified atom stereocenters. The van der Waals surface area contributed by atoms with Gasteiger partial charge in [-0.25, -0.2) is 14.8 Å². The van der Waals surface area contributed by atoms with Crippen molar-refractivity contribution in [3.05, 3.63) is 72.2 Å². The van der Waals surface area contributed by atoms with Crippen molar-refractivity contribution in [2.75, 3.05) is 23.8 Å². The summed E-state index contributed by atoms with van der Waals surface area (Å²) in [6, 6.07) is 19.1. The van der Waals surface area contributed by atoms with Crippen molar-refractivity contribution in [1.82, 2.24) is 15.3 Å². The van der Waals surface area contributed by atoms with Crippen molar-refractivity contribution in [3.8, 4) is 10.6 Å². The second-order valence-corrected chi connectivity index (χ2v) is 9.27. The summed E-state index contributed by atoms with van der Waals surface area (Å²) in [5.74, 6) is 0.536. The number of carbonyl (C=O) groups is 1. The van der Waals surface area contributed by atoms with Crippen molar-refractivity contribution in [2.45, 2.75) is 24.3 Å². The number of ether oxygens (including phenoxy) is 2. The molecule has 0 radical (unpaired) electrons. The number of amides is 2. The predicted molar refractivity (Wildman–Crippen MR) is 132 cm³/mol. The molecule has 2 aliphatic heterocycles. The summed E-state index contributed by atoms with van der Waals surface area (Å²) >= 11 is 1.64. The van der Waals surface area contributed by atoms with Crippen molar-refractivity contribution in [2.24, 2.45) is 0 Å². The van der Waals surface area contributed by atoms with E-state index in [9.17, 15) is 4.79 Å². The lowest BCUT2D eigenvalue weighted by Gasteiger charge is -2.19. The Hall–Kier alpha value is -3.53. The van der Waals surface area contributed by atoms with Gasteiger partial charge in [0.2, 0.25) is 5.95 Å². The van der Waals surface area contributed by atoms with Gasteiger partial charge < -0.3 is 25.4 Å². The standard InChI is InChI=1S/C25H23N5O3S/c31-25(29-17-8-3-6-15-5-1-2-7-16(15)17)30-20-14-33-22-19(13-32-23(20)22)28-24-26-11-10-18(27-24)21-9-4-12-34-21/h1-12,19-20,22-23H,13-14H2,(H,26,27,28)(H2,29,30,31). The molecule has 2 aromatic carbocycles. The maximum Gasteiger partial charge on any atom is 0.319 e. The van der Waals surface area contributed by atoms with Crippen LogP contribution in [-0.2, 0) is 9.47 Å². The number of urea groups is 1. The van der Waals surface area contributed by atoms with Gasteiger partial charge in [-0.2, -0.15) is 0 Å². The van der Waals surface area contributed by atoms with Crippen LogP contribution in [0.5, 0.6) is 0 Å². The molecule has 9 heteroatoms. The lowest BCUT2D eigenvalue weighted by molar-refractivity contribution is 0.0683. The zero-order chi connectivity index (χ0) is 22.9. The second kappa shape index (κ2) is 9.02. The Balaban J connectivity index is 1.09. The fourth-order valence-electron chi connectivity index (χ4n) is 4.56. The van der Waals surface area contributed by atoms with Gasteiger partial charge in [-0.3, -0.25) is 0 Å². The Morgan fingerprint density at radius 3 is 2.65 bits per heavy atom. The molecule has 4 atom stereocenters. The number of nitrogens with zero attached hydrogens (tertiary/aromatic N) is 2. The fourth-order valence-corrected chi connectivity index (χ4v) is 5.26. The maximum absolute atomic E-state index is 12.8. The van der Waals surface area contributed by atoms with Gasteiger partial charge in [-0.1, -0.05) is 42.5 Å². The summed E-state index contributed by atoms with van der Waals surface area (Å²) in [6.45, 7) is 0.831. The fraction of sp³-hybridized carbons (Fsp3) is 0.240.